The number of hydrazone groups is 1. The normalized spacial score (nSPS) is 17.2. The number of anilines is 1. The molecule has 1 aliphatic heterocycles. The lowest BCUT2D eigenvalue weighted by Crippen LogP contribution is -2.31. The molecule has 1 atom stereocenters. The molecular formula is C16H17N3O2S. The molecule has 0 saturated heterocycles. The van der Waals surface area contributed by atoms with Crippen LogP contribution in [0.2, 0.25) is 0 Å². The van der Waals surface area contributed by atoms with Crippen LogP contribution in [0, 0.1) is 18.3 Å². The third-order valence-electron chi connectivity index (χ3n) is 3.17. The molecule has 6 heteroatoms. The summed E-state index contributed by atoms with van der Waals surface area (Å²) in [4.78, 5) is 22.9. The van der Waals surface area contributed by atoms with Crippen molar-refractivity contribution in [2.75, 3.05) is 11.1 Å². The van der Waals surface area contributed by atoms with Crippen LogP contribution in [0.15, 0.2) is 29.4 Å². The predicted molar refractivity (Wildman–Crippen MR) is 89.8 cm³/mol. The van der Waals surface area contributed by atoms with Crippen LogP contribution in [0.4, 0.5) is 10.5 Å². The predicted octanol–water partition coefficient (Wildman–Crippen LogP) is 2.84. The molecule has 0 fully saturated rings. The molecule has 0 radical (unpaired) electrons. The lowest BCUT2D eigenvalue weighted by Gasteiger charge is -2.19. The molecule has 1 heterocycles. The molecule has 1 aromatic carbocycles. The highest BCUT2D eigenvalue weighted by Gasteiger charge is 2.21. The molecule has 2 rings (SSSR count). The molecule has 5 nitrogen and oxygen atoms in total. The van der Waals surface area contributed by atoms with Gasteiger partial charge in [0, 0.05) is 30.2 Å². The summed E-state index contributed by atoms with van der Waals surface area (Å²) < 4.78 is 0. The second-order valence-electron chi connectivity index (χ2n) is 4.93. The third kappa shape index (κ3) is 4.37. The Balaban J connectivity index is 1.97. The van der Waals surface area contributed by atoms with Gasteiger partial charge in [0.15, 0.2) is 0 Å². The monoisotopic (exact) mass is 315 g/mol. The molecule has 0 aromatic heterocycles. The van der Waals surface area contributed by atoms with Crippen molar-refractivity contribution in [1.82, 2.24) is 5.43 Å². The average molecular weight is 315 g/mol. The van der Waals surface area contributed by atoms with Crippen LogP contribution in [0.25, 0.3) is 0 Å². The molecule has 2 N–H and O–H groups in total. The van der Waals surface area contributed by atoms with Crippen molar-refractivity contribution in [1.29, 1.82) is 0 Å². The lowest BCUT2D eigenvalue weighted by atomic mass is 9.94. The number of amides is 2. The molecule has 0 aliphatic carbocycles. The quantitative estimate of drug-likeness (QED) is 0.663. The van der Waals surface area contributed by atoms with E-state index < -0.39 is 0 Å². The van der Waals surface area contributed by atoms with E-state index >= 15 is 0 Å². The Kier molecular flexibility index (Phi) is 5.61. The van der Waals surface area contributed by atoms with E-state index in [0.717, 1.165) is 28.7 Å². The van der Waals surface area contributed by atoms with Crippen molar-refractivity contribution in [2.45, 2.75) is 19.8 Å². The van der Waals surface area contributed by atoms with Gasteiger partial charge in [0.05, 0.1) is 5.71 Å². The Morgan fingerprint density at radius 1 is 1.50 bits per heavy atom. The molecule has 0 saturated carbocycles. The first-order valence-electron chi connectivity index (χ1n) is 6.94. The highest BCUT2D eigenvalue weighted by molar-refractivity contribution is 8.13. The largest absolute Gasteiger partial charge is 0.317 e. The number of rotatable bonds is 4. The van der Waals surface area contributed by atoms with Gasteiger partial charge in [-0.1, -0.05) is 30.8 Å². The second-order valence-corrected chi connectivity index (χ2v) is 6.00. The Labute approximate surface area is 133 Å². The summed E-state index contributed by atoms with van der Waals surface area (Å²) in [6.07, 6.45) is 6.15. The van der Waals surface area contributed by atoms with Crippen LogP contribution in [0.1, 0.15) is 25.3 Å². The number of thioether (sulfide) groups is 1. The van der Waals surface area contributed by atoms with E-state index in [1.165, 1.54) is 0 Å². The first-order valence-corrected chi connectivity index (χ1v) is 7.93. The van der Waals surface area contributed by atoms with E-state index in [1.54, 1.807) is 0 Å². The van der Waals surface area contributed by atoms with Crippen molar-refractivity contribution >= 4 is 34.3 Å². The van der Waals surface area contributed by atoms with Crippen LogP contribution in [0.3, 0.4) is 0 Å². The minimum absolute atomic E-state index is 0.0656. The van der Waals surface area contributed by atoms with Gasteiger partial charge in [0.25, 0.3) is 5.24 Å². The number of carbonyl (C=O) groups is 2. The molecule has 1 aromatic rings. The average Bonchev–Trinajstić information content (AvgIpc) is 2.49. The Morgan fingerprint density at radius 2 is 2.23 bits per heavy atom. The summed E-state index contributed by atoms with van der Waals surface area (Å²) in [6.45, 7) is 1.97. The first kappa shape index (κ1) is 16.1. The van der Waals surface area contributed by atoms with E-state index in [2.05, 4.69) is 21.8 Å². The molecule has 1 unspecified atom stereocenters. The van der Waals surface area contributed by atoms with Gasteiger partial charge >= 0.3 is 0 Å². The third-order valence-corrected chi connectivity index (χ3v) is 3.94. The zero-order valence-electron chi connectivity index (χ0n) is 12.3. The number of benzene rings is 1. The fraction of sp³-hybridized carbons (Fsp3) is 0.312. The summed E-state index contributed by atoms with van der Waals surface area (Å²) in [7, 11) is 0. The summed E-state index contributed by atoms with van der Waals surface area (Å²) in [5.74, 6) is 3.11. The lowest BCUT2D eigenvalue weighted by molar-refractivity contribution is -0.121. The number of nitrogens with one attached hydrogen (secondary N) is 2. The highest BCUT2D eigenvalue weighted by Crippen LogP contribution is 2.19. The summed E-state index contributed by atoms with van der Waals surface area (Å²) in [6, 6.07) is 7.41. The zero-order valence-corrected chi connectivity index (χ0v) is 13.1. The molecule has 114 valence electrons. The van der Waals surface area contributed by atoms with Gasteiger partial charge in [0.1, 0.15) is 0 Å². The SMILES string of the molecule is C#CCCSC(=O)Nc1ccc(C2=NNC(=O)CC2C)cc1. The molecule has 0 bridgehead atoms. The Morgan fingerprint density at radius 3 is 2.86 bits per heavy atom. The van der Waals surface area contributed by atoms with Crippen molar-refractivity contribution in [3.05, 3.63) is 29.8 Å². The minimum Gasteiger partial charge on any atom is -0.317 e. The number of terminal acetylenes is 1. The number of hydrogen-bond acceptors (Lipinski definition) is 4. The maximum absolute atomic E-state index is 11.7. The van der Waals surface area contributed by atoms with Crippen molar-refractivity contribution in [3.8, 4) is 12.3 Å². The first-order chi connectivity index (χ1) is 10.6. The fourth-order valence-electron chi connectivity index (χ4n) is 2.08. The molecular weight excluding hydrogens is 298 g/mol. The summed E-state index contributed by atoms with van der Waals surface area (Å²) in [5.41, 5.74) is 5.00. The zero-order chi connectivity index (χ0) is 15.9. The van der Waals surface area contributed by atoms with Crippen LogP contribution >= 0.6 is 11.8 Å². The van der Waals surface area contributed by atoms with Crippen molar-refractivity contribution < 1.29 is 9.59 Å². The maximum Gasteiger partial charge on any atom is 0.283 e. The maximum atomic E-state index is 11.7. The number of hydrogen-bond donors (Lipinski definition) is 2. The second kappa shape index (κ2) is 7.66. The molecule has 22 heavy (non-hydrogen) atoms. The van der Waals surface area contributed by atoms with E-state index in [-0.39, 0.29) is 17.1 Å². The minimum atomic E-state index is -0.126. The van der Waals surface area contributed by atoms with E-state index in [4.69, 9.17) is 6.42 Å². The Hall–Kier alpha value is -2.26. The molecule has 0 spiro atoms. The Bertz CT molecular complexity index is 632. The van der Waals surface area contributed by atoms with Gasteiger partial charge < -0.3 is 5.32 Å². The van der Waals surface area contributed by atoms with Crippen LogP contribution in [0.5, 0.6) is 0 Å². The smallest absolute Gasteiger partial charge is 0.283 e. The highest BCUT2D eigenvalue weighted by atomic mass is 32.2. The van der Waals surface area contributed by atoms with Gasteiger partial charge in [0.2, 0.25) is 5.91 Å². The van der Waals surface area contributed by atoms with Gasteiger partial charge in [-0.05, 0) is 17.7 Å². The number of nitrogens with zero attached hydrogens (tertiary/aromatic N) is 1. The van der Waals surface area contributed by atoms with Crippen molar-refractivity contribution in [3.63, 3.8) is 0 Å². The standard InChI is InChI=1S/C16H17N3O2S/c1-3-4-9-22-16(21)17-13-7-5-12(6-8-13)15-11(2)10-14(20)18-19-15/h1,5-8,11H,4,9-10H2,2H3,(H,17,21)(H,18,20). The summed E-state index contributed by atoms with van der Waals surface area (Å²) in [5, 5.41) is 6.78. The van der Waals surface area contributed by atoms with Crippen LogP contribution in [-0.4, -0.2) is 22.6 Å². The van der Waals surface area contributed by atoms with Crippen molar-refractivity contribution in [2.24, 2.45) is 11.0 Å². The fourth-order valence-corrected chi connectivity index (χ4v) is 2.68. The van der Waals surface area contributed by atoms with Crippen LogP contribution in [-0.2, 0) is 4.79 Å². The van der Waals surface area contributed by atoms with Crippen LogP contribution < -0.4 is 10.7 Å². The van der Waals surface area contributed by atoms with E-state index in [1.807, 2.05) is 31.2 Å². The van der Waals surface area contributed by atoms with E-state index in [0.29, 0.717) is 18.6 Å². The van der Waals surface area contributed by atoms with Gasteiger partial charge in [-0.15, -0.1) is 12.3 Å². The topological polar surface area (TPSA) is 70.6 Å². The molecule has 1 aliphatic rings. The number of carbonyl (C=O) groups excluding carboxylic acids is 2. The van der Waals surface area contributed by atoms with Gasteiger partial charge in [-0.25, -0.2) is 5.43 Å². The molecule has 2 amide bonds. The summed E-state index contributed by atoms with van der Waals surface area (Å²) >= 11 is 1.16. The van der Waals surface area contributed by atoms with Gasteiger partial charge in [-0.2, -0.15) is 5.10 Å². The van der Waals surface area contributed by atoms with E-state index in [9.17, 15) is 9.59 Å². The van der Waals surface area contributed by atoms with Gasteiger partial charge in [-0.3, -0.25) is 9.59 Å².